The summed E-state index contributed by atoms with van der Waals surface area (Å²) in [5.41, 5.74) is -0.134. The average molecular weight is 187 g/mol. The van der Waals surface area contributed by atoms with Gasteiger partial charge in [-0.1, -0.05) is 0 Å². The Morgan fingerprint density at radius 3 is 2.92 bits per heavy atom. The summed E-state index contributed by atoms with van der Waals surface area (Å²) in [6.07, 6.45) is 1.34. The second-order valence-electron chi connectivity index (χ2n) is 2.51. The number of hydrogen-bond acceptors (Lipinski definition) is 5. The molecular weight excluding hydrogens is 178 g/mol. The summed E-state index contributed by atoms with van der Waals surface area (Å²) in [7, 11) is 0. The molecule has 0 aliphatic carbocycles. The van der Waals surface area contributed by atoms with Crippen molar-refractivity contribution in [2.75, 3.05) is 6.61 Å². The number of hydrogen-bond donors (Lipinski definition) is 2. The van der Waals surface area contributed by atoms with Crippen molar-refractivity contribution in [3.05, 3.63) is 22.5 Å². The molecule has 2 N–H and O–H groups in total. The van der Waals surface area contributed by atoms with Gasteiger partial charge in [-0.2, -0.15) is 5.10 Å². The molecule has 72 valence electrons. The first-order valence-corrected chi connectivity index (χ1v) is 3.59. The molecule has 0 unspecified atom stereocenters. The van der Waals surface area contributed by atoms with Crippen LogP contribution in [0, 0.1) is 10.1 Å². The Morgan fingerprint density at radius 2 is 2.46 bits per heavy atom. The first-order valence-electron chi connectivity index (χ1n) is 3.59. The van der Waals surface area contributed by atoms with E-state index in [1.54, 1.807) is 0 Å². The van der Waals surface area contributed by atoms with E-state index in [0.29, 0.717) is 0 Å². The lowest BCUT2D eigenvalue weighted by Gasteiger charge is -2.05. The number of rotatable bonds is 4. The molecule has 0 bridgehead atoms. The second-order valence-corrected chi connectivity index (χ2v) is 2.51. The fraction of sp³-hybridized carbons (Fsp3) is 0.500. The van der Waals surface area contributed by atoms with Gasteiger partial charge in [0.1, 0.15) is 12.4 Å². The van der Waals surface area contributed by atoms with E-state index >= 15 is 0 Å². The quantitative estimate of drug-likeness (QED) is 0.472. The van der Waals surface area contributed by atoms with Gasteiger partial charge in [-0.3, -0.25) is 14.8 Å². The molecule has 0 aliphatic rings. The maximum atomic E-state index is 10.2. The summed E-state index contributed by atoms with van der Waals surface area (Å²) in [4.78, 5) is 9.64. The van der Waals surface area contributed by atoms with Gasteiger partial charge < -0.3 is 10.2 Å². The van der Waals surface area contributed by atoms with Crippen molar-refractivity contribution in [1.29, 1.82) is 0 Å². The zero-order valence-corrected chi connectivity index (χ0v) is 6.70. The molecule has 0 aliphatic heterocycles. The Labute approximate surface area is 73.4 Å². The number of aliphatic hydroxyl groups excluding tert-OH is 2. The van der Waals surface area contributed by atoms with Gasteiger partial charge in [-0.25, -0.2) is 0 Å². The van der Waals surface area contributed by atoms with E-state index in [-0.39, 0.29) is 12.2 Å². The van der Waals surface area contributed by atoms with Gasteiger partial charge in [0.25, 0.3) is 0 Å². The molecule has 0 fully saturated rings. The predicted octanol–water partition coefficient (Wildman–Crippen LogP) is -0.856. The molecule has 0 aromatic carbocycles. The Kier molecular flexibility index (Phi) is 2.93. The molecule has 1 aromatic heterocycles. The summed E-state index contributed by atoms with van der Waals surface area (Å²) < 4.78 is 1.21. The topological polar surface area (TPSA) is 101 Å². The normalized spacial score (nSPS) is 12.8. The third kappa shape index (κ3) is 2.49. The van der Waals surface area contributed by atoms with Crippen LogP contribution in [0.2, 0.25) is 0 Å². The van der Waals surface area contributed by atoms with Crippen molar-refractivity contribution in [2.24, 2.45) is 0 Å². The summed E-state index contributed by atoms with van der Waals surface area (Å²) in [5.74, 6) is 0. The van der Waals surface area contributed by atoms with Crippen LogP contribution in [0.5, 0.6) is 0 Å². The third-order valence-electron chi connectivity index (χ3n) is 1.44. The molecule has 13 heavy (non-hydrogen) atoms. The van der Waals surface area contributed by atoms with Gasteiger partial charge in [0.15, 0.2) is 0 Å². The summed E-state index contributed by atoms with van der Waals surface area (Å²) in [6, 6.07) is 0. The fourth-order valence-corrected chi connectivity index (χ4v) is 0.820. The van der Waals surface area contributed by atoms with Crippen molar-refractivity contribution in [3.8, 4) is 0 Å². The molecule has 1 aromatic rings. The standard InChI is InChI=1S/C6H9N3O4/c10-4-6(11)3-8-2-5(1-7-8)9(12)13/h1-2,6,10-11H,3-4H2/t6-/m1/s1. The van der Waals surface area contributed by atoms with E-state index < -0.39 is 17.6 Å². The lowest BCUT2D eigenvalue weighted by atomic mass is 10.4. The summed E-state index contributed by atoms with van der Waals surface area (Å²) in [5, 5.41) is 31.3. The van der Waals surface area contributed by atoms with Crippen molar-refractivity contribution >= 4 is 5.69 Å². The molecule has 1 heterocycles. The Bertz CT molecular complexity index is 298. The largest absolute Gasteiger partial charge is 0.394 e. The molecular formula is C6H9N3O4. The Balaban J connectivity index is 2.64. The monoisotopic (exact) mass is 187 g/mol. The molecule has 0 spiro atoms. The van der Waals surface area contributed by atoms with E-state index in [2.05, 4.69) is 5.10 Å². The molecule has 0 saturated carbocycles. The molecule has 7 heteroatoms. The molecule has 1 atom stereocenters. The predicted molar refractivity (Wildman–Crippen MR) is 42.0 cm³/mol. The van der Waals surface area contributed by atoms with Crippen LogP contribution in [0.25, 0.3) is 0 Å². The van der Waals surface area contributed by atoms with Crippen LogP contribution in [0.15, 0.2) is 12.4 Å². The first kappa shape index (κ1) is 9.62. The van der Waals surface area contributed by atoms with Gasteiger partial charge >= 0.3 is 5.69 Å². The Morgan fingerprint density at radius 1 is 1.77 bits per heavy atom. The molecule has 0 amide bonds. The number of nitro groups is 1. The van der Waals surface area contributed by atoms with Crippen LogP contribution in [0.4, 0.5) is 5.69 Å². The lowest BCUT2D eigenvalue weighted by molar-refractivity contribution is -0.385. The highest BCUT2D eigenvalue weighted by Crippen LogP contribution is 2.07. The van der Waals surface area contributed by atoms with Crippen molar-refractivity contribution < 1.29 is 15.1 Å². The van der Waals surface area contributed by atoms with Crippen LogP contribution in [-0.4, -0.2) is 37.6 Å². The van der Waals surface area contributed by atoms with Gasteiger partial charge in [0.2, 0.25) is 0 Å². The van der Waals surface area contributed by atoms with Crippen molar-refractivity contribution in [3.63, 3.8) is 0 Å². The number of aliphatic hydroxyl groups is 2. The van der Waals surface area contributed by atoms with Gasteiger partial charge in [0, 0.05) is 0 Å². The van der Waals surface area contributed by atoms with Crippen LogP contribution < -0.4 is 0 Å². The minimum Gasteiger partial charge on any atom is -0.394 e. The maximum absolute atomic E-state index is 10.2. The van der Waals surface area contributed by atoms with Gasteiger partial charge in [-0.05, 0) is 0 Å². The highest BCUT2D eigenvalue weighted by Gasteiger charge is 2.10. The SMILES string of the molecule is O=[N+]([O-])c1cnn(C[C@@H](O)CO)c1. The van der Waals surface area contributed by atoms with Gasteiger partial charge in [-0.15, -0.1) is 0 Å². The van der Waals surface area contributed by atoms with E-state index in [4.69, 9.17) is 10.2 Å². The van der Waals surface area contributed by atoms with Crippen LogP contribution in [-0.2, 0) is 6.54 Å². The van der Waals surface area contributed by atoms with E-state index in [1.807, 2.05) is 0 Å². The highest BCUT2D eigenvalue weighted by atomic mass is 16.6. The van der Waals surface area contributed by atoms with Crippen molar-refractivity contribution in [2.45, 2.75) is 12.6 Å². The third-order valence-corrected chi connectivity index (χ3v) is 1.44. The average Bonchev–Trinajstić information content (AvgIpc) is 2.52. The molecule has 0 saturated heterocycles. The second kappa shape index (κ2) is 3.97. The van der Waals surface area contributed by atoms with E-state index in [0.717, 1.165) is 6.20 Å². The van der Waals surface area contributed by atoms with Crippen LogP contribution in [0.3, 0.4) is 0 Å². The van der Waals surface area contributed by atoms with Crippen LogP contribution >= 0.6 is 0 Å². The molecule has 1 rings (SSSR count). The highest BCUT2D eigenvalue weighted by molar-refractivity contribution is 5.20. The minimum absolute atomic E-state index is 0.0460. The minimum atomic E-state index is -0.945. The van der Waals surface area contributed by atoms with E-state index in [9.17, 15) is 10.1 Å². The Hall–Kier alpha value is -1.47. The summed E-state index contributed by atoms with van der Waals surface area (Å²) in [6.45, 7) is -0.349. The fourth-order valence-electron chi connectivity index (χ4n) is 0.820. The first-order chi connectivity index (χ1) is 6.13. The summed E-state index contributed by atoms with van der Waals surface area (Å²) >= 11 is 0. The van der Waals surface area contributed by atoms with Crippen molar-refractivity contribution in [1.82, 2.24) is 9.78 Å². The zero-order valence-electron chi connectivity index (χ0n) is 6.70. The molecule has 0 radical (unpaired) electrons. The smallest absolute Gasteiger partial charge is 0.306 e. The molecule has 7 nitrogen and oxygen atoms in total. The maximum Gasteiger partial charge on any atom is 0.306 e. The lowest BCUT2D eigenvalue weighted by Crippen LogP contribution is -2.19. The van der Waals surface area contributed by atoms with E-state index in [1.165, 1.54) is 10.9 Å². The number of nitrogens with zero attached hydrogens (tertiary/aromatic N) is 3. The zero-order chi connectivity index (χ0) is 9.84. The number of aromatic nitrogens is 2. The van der Waals surface area contributed by atoms with Crippen LogP contribution in [0.1, 0.15) is 0 Å². The van der Waals surface area contributed by atoms with Gasteiger partial charge in [0.05, 0.1) is 24.2 Å².